The molecule has 0 spiro atoms. The Morgan fingerprint density at radius 1 is 1.41 bits per heavy atom. The van der Waals surface area contributed by atoms with E-state index in [4.69, 9.17) is 5.11 Å². The van der Waals surface area contributed by atoms with Gasteiger partial charge in [-0.2, -0.15) is 0 Å². The summed E-state index contributed by atoms with van der Waals surface area (Å²) in [7, 11) is 0. The summed E-state index contributed by atoms with van der Waals surface area (Å²) < 4.78 is 0. The number of anilines is 1. The number of aromatic carboxylic acids is 1. The van der Waals surface area contributed by atoms with E-state index in [1.165, 1.54) is 12.4 Å². The maximum atomic E-state index is 10.6. The molecule has 1 heterocycles. The Bertz CT molecular complexity index is 393. The first-order valence-corrected chi connectivity index (χ1v) is 5.64. The number of carboxylic acid groups (broad SMARTS) is 1. The smallest absolute Gasteiger partial charge is 0.356 e. The van der Waals surface area contributed by atoms with Gasteiger partial charge in [0.25, 0.3) is 0 Å². The number of nitrogens with one attached hydrogen (secondary N) is 1. The summed E-state index contributed by atoms with van der Waals surface area (Å²) in [6, 6.07) is 0. The standard InChI is InChI=1S/C11H15N3O3/c15-9-3-1-2-7(9)4-13-10-6-12-8(5-14-10)11(16)17/h5-7,9,15H,1-4H2,(H,13,14)(H,16,17). The fraction of sp³-hybridized carbons (Fsp3) is 0.545. The molecule has 92 valence electrons. The fourth-order valence-corrected chi connectivity index (χ4v) is 2.02. The fourth-order valence-electron chi connectivity index (χ4n) is 2.02. The van der Waals surface area contributed by atoms with Crippen LogP contribution in [0.4, 0.5) is 5.82 Å². The highest BCUT2D eigenvalue weighted by atomic mass is 16.4. The summed E-state index contributed by atoms with van der Waals surface area (Å²) in [5.74, 6) is -0.305. The number of hydrogen-bond donors (Lipinski definition) is 3. The molecule has 1 saturated carbocycles. The summed E-state index contributed by atoms with van der Waals surface area (Å²) >= 11 is 0. The monoisotopic (exact) mass is 237 g/mol. The molecule has 1 aliphatic rings. The van der Waals surface area contributed by atoms with Crippen LogP contribution in [0.3, 0.4) is 0 Å². The molecule has 0 saturated heterocycles. The van der Waals surface area contributed by atoms with Gasteiger partial charge in [0.15, 0.2) is 5.69 Å². The van der Waals surface area contributed by atoms with Crippen molar-refractivity contribution in [1.82, 2.24) is 9.97 Å². The number of aliphatic hydroxyl groups is 1. The van der Waals surface area contributed by atoms with Crippen molar-refractivity contribution in [2.24, 2.45) is 5.92 Å². The molecule has 6 nitrogen and oxygen atoms in total. The van der Waals surface area contributed by atoms with Gasteiger partial charge in [-0.3, -0.25) is 0 Å². The zero-order valence-corrected chi connectivity index (χ0v) is 9.33. The van der Waals surface area contributed by atoms with Gasteiger partial charge in [-0.25, -0.2) is 14.8 Å². The quantitative estimate of drug-likeness (QED) is 0.715. The zero-order chi connectivity index (χ0) is 12.3. The largest absolute Gasteiger partial charge is 0.476 e. The van der Waals surface area contributed by atoms with Crippen molar-refractivity contribution < 1.29 is 15.0 Å². The molecule has 0 aliphatic heterocycles. The van der Waals surface area contributed by atoms with Crippen molar-refractivity contribution in [3.63, 3.8) is 0 Å². The first-order chi connectivity index (χ1) is 8.16. The molecule has 0 bridgehead atoms. The Morgan fingerprint density at radius 2 is 2.24 bits per heavy atom. The molecule has 1 aromatic rings. The van der Waals surface area contributed by atoms with Crippen LogP contribution in [0.25, 0.3) is 0 Å². The lowest BCUT2D eigenvalue weighted by Crippen LogP contribution is -2.22. The lowest BCUT2D eigenvalue weighted by Gasteiger charge is -2.15. The molecular weight excluding hydrogens is 222 g/mol. The van der Waals surface area contributed by atoms with Crippen LogP contribution in [0.5, 0.6) is 0 Å². The molecule has 0 aromatic carbocycles. The Morgan fingerprint density at radius 3 is 2.76 bits per heavy atom. The van der Waals surface area contributed by atoms with E-state index >= 15 is 0 Å². The van der Waals surface area contributed by atoms with Gasteiger partial charge in [-0.05, 0) is 12.8 Å². The van der Waals surface area contributed by atoms with Crippen LogP contribution in [-0.2, 0) is 0 Å². The molecule has 2 atom stereocenters. The van der Waals surface area contributed by atoms with Crippen LogP contribution in [0, 0.1) is 5.92 Å². The Kier molecular flexibility index (Phi) is 3.53. The molecule has 1 aromatic heterocycles. The highest BCUT2D eigenvalue weighted by Crippen LogP contribution is 2.25. The molecular formula is C11H15N3O3. The summed E-state index contributed by atoms with van der Waals surface area (Å²) in [5.41, 5.74) is -0.0727. The van der Waals surface area contributed by atoms with Crippen molar-refractivity contribution in [2.45, 2.75) is 25.4 Å². The first-order valence-electron chi connectivity index (χ1n) is 5.64. The number of carbonyl (C=O) groups is 1. The van der Waals surface area contributed by atoms with E-state index in [2.05, 4.69) is 15.3 Å². The lowest BCUT2D eigenvalue weighted by molar-refractivity contribution is 0.0690. The number of rotatable bonds is 4. The molecule has 0 radical (unpaired) electrons. The van der Waals surface area contributed by atoms with Crippen molar-refractivity contribution in [3.8, 4) is 0 Å². The van der Waals surface area contributed by atoms with Crippen molar-refractivity contribution >= 4 is 11.8 Å². The average molecular weight is 237 g/mol. The number of nitrogens with zero attached hydrogens (tertiary/aromatic N) is 2. The van der Waals surface area contributed by atoms with Crippen LogP contribution < -0.4 is 5.32 Å². The Labute approximate surface area is 98.7 Å². The average Bonchev–Trinajstić information content (AvgIpc) is 2.73. The van der Waals surface area contributed by atoms with Crippen molar-refractivity contribution in [3.05, 3.63) is 18.1 Å². The minimum Gasteiger partial charge on any atom is -0.476 e. The van der Waals surface area contributed by atoms with Gasteiger partial charge in [-0.1, -0.05) is 6.42 Å². The second-order valence-electron chi connectivity index (χ2n) is 4.23. The van der Waals surface area contributed by atoms with Crippen LogP contribution in [-0.4, -0.2) is 38.8 Å². The Balaban J connectivity index is 1.88. The molecule has 1 fully saturated rings. The van der Waals surface area contributed by atoms with Crippen LogP contribution in [0.1, 0.15) is 29.8 Å². The Hall–Kier alpha value is -1.69. The third kappa shape index (κ3) is 2.91. The van der Waals surface area contributed by atoms with E-state index in [1.54, 1.807) is 0 Å². The van der Waals surface area contributed by atoms with Gasteiger partial charge in [0.1, 0.15) is 5.82 Å². The van der Waals surface area contributed by atoms with Gasteiger partial charge in [0, 0.05) is 12.5 Å². The molecule has 1 aliphatic carbocycles. The summed E-state index contributed by atoms with van der Waals surface area (Å²) in [6.07, 6.45) is 5.29. The van der Waals surface area contributed by atoms with E-state index in [-0.39, 0.29) is 17.7 Å². The maximum Gasteiger partial charge on any atom is 0.356 e. The van der Waals surface area contributed by atoms with Gasteiger partial charge < -0.3 is 15.5 Å². The molecule has 6 heteroatoms. The van der Waals surface area contributed by atoms with Crippen molar-refractivity contribution in [1.29, 1.82) is 0 Å². The SMILES string of the molecule is O=C(O)c1cnc(NCC2CCCC2O)cn1. The van der Waals surface area contributed by atoms with Crippen LogP contribution in [0.2, 0.25) is 0 Å². The molecule has 0 amide bonds. The third-order valence-electron chi connectivity index (χ3n) is 3.04. The van der Waals surface area contributed by atoms with Gasteiger partial charge in [-0.15, -0.1) is 0 Å². The highest BCUT2D eigenvalue weighted by molar-refractivity contribution is 5.84. The van der Waals surface area contributed by atoms with E-state index in [1.807, 2.05) is 0 Å². The molecule has 2 rings (SSSR count). The molecule has 17 heavy (non-hydrogen) atoms. The first kappa shape index (κ1) is 11.8. The van der Waals surface area contributed by atoms with Crippen molar-refractivity contribution in [2.75, 3.05) is 11.9 Å². The summed E-state index contributed by atoms with van der Waals surface area (Å²) in [5, 5.41) is 21.3. The molecule has 2 unspecified atom stereocenters. The zero-order valence-electron chi connectivity index (χ0n) is 9.33. The lowest BCUT2D eigenvalue weighted by atomic mass is 10.1. The number of aliphatic hydroxyl groups excluding tert-OH is 1. The van der Waals surface area contributed by atoms with E-state index in [9.17, 15) is 9.90 Å². The maximum absolute atomic E-state index is 10.6. The van der Waals surface area contributed by atoms with E-state index in [0.717, 1.165) is 19.3 Å². The van der Waals surface area contributed by atoms with E-state index in [0.29, 0.717) is 12.4 Å². The predicted molar refractivity (Wildman–Crippen MR) is 60.8 cm³/mol. The summed E-state index contributed by atoms with van der Waals surface area (Å²) in [4.78, 5) is 18.3. The second kappa shape index (κ2) is 5.09. The van der Waals surface area contributed by atoms with Gasteiger partial charge >= 0.3 is 5.97 Å². The van der Waals surface area contributed by atoms with Crippen LogP contribution in [0.15, 0.2) is 12.4 Å². The normalized spacial score (nSPS) is 23.6. The summed E-state index contributed by atoms with van der Waals surface area (Å²) in [6.45, 7) is 0.641. The predicted octanol–water partition coefficient (Wildman–Crippen LogP) is 0.748. The van der Waals surface area contributed by atoms with E-state index < -0.39 is 5.97 Å². The number of aromatic nitrogens is 2. The highest BCUT2D eigenvalue weighted by Gasteiger charge is 2.24. The van der Waals surface area contributed by atoms with Crippen LogP contribution >= 0.6 is 0 Å². The molecule has 3 N–H and O–H groups in total. The topological polar surface area (TPSA) is 95.3 Å². The van der Waals surface area contributed by atoms with Gasteiger partial charge in [0.05, 0.1) is 18.5 Å². The number of carboxylic acids is 1. The minimum atomic E-state index is -1.09. The minimum absolute atomic E-state index is 0.0727. The number of hydrogen-bond acceptors (Lipinski definition) is 5. The second-order valence-corrected chi connectivity index (χ2v) is 4.23. The van der Waals surface area contributed by atoms with Gasteiger partial charge in [0.2, 0.25) is 0 Å². The third-order valence-corrected chi connectivity index (χ3v) is 3.04.